The second-order valence-electron chi connectivity index (χ2n) is 9.96. The van der Waals surface area contributed by atoms with Gasteiger partial charge in [-0.25, -0.2) is 0 Å². The van der Waals surface area contributed by atoms with Crippen LogP contribution in [0.5, 0.6) is 0 Å². The first-order valence-corrected chi connectivity index (χ1v) is 12.4. The van der Waals surface area contributed by atoms with E-state index in [-0.39, 0.29) is 17.7 Å². The van der Waals surface area contributed by atoms with Crippen LogP contribution in [0.4, 0.5) is 0 Å². The van der Waals surface area contributed by atoms with Crippen LogP contribution in [0.15, 0.2) is 24.3 Å². The number of nitrogens with zero attached hydrogens (tertiary/aromatic N) is 3. The van der Waals surface area contributed by atoms with Gasteiger partial charge in [0, 0.05) is 32.6 Å². The minimum atomic E-state index is -0.842. The molecule has 1 unspecified atom stereocenters. The van der Waals surface area contributed by atoms with E-state index in [0.29, 0.717) is 49.6 Å². The van der Waals surface area contributed by atoms with E-state index in [9.17, 15) is 19.2 Å². The molecule has 0 radical (unpaired) electrons. The van der Waals surface area contributed by atoms with E-state index < -0.39 is 17.9 Å². The van der Waals surface area contributed by atoms with Crippen LogP contribution >= 0.6 is 0 Å². The third-order valence-electron chi connectivity index (χ3n) is 7.42. The maximum atomic E-state index is 13.5. The van der Waals surface area contributed by atoms with Crippen molar-refractivity contribution in [2.45, 2.75) is 64.8 Å². The van der Waals surface area contributed by atoms with E-state index in [1.165, 1.54) is 32.1 Å². The fraction of sp³-hybridized carbons (Fsp3) is 0.615. The summed E-state index contributed by atoms with van der Waals surface area (Å²) in [4.78, 5) is 56.8. The zero-order chi connectivity index (χ0) is 23.5. The van der Waals surface area contributed by atoms with Gasteiger partial charge in [-0.1, -0.05) is 58.1 Å². The summed E-state index contributed by atoms with van der Waals surface area (Å²) in [5, 5.41) is 0. The Labute approximate surface area is 196 Å². The highest BCUT2D eigenvalue weighted by molar-refractivity contribution is 6.22. The zero-order valence-electron chi connectivity index (χ0n) is 19.8. The molecule has 1 aromatic carbocycles. The number of benzene rings is 1. The van der Waals surface area contributed by atoms with Gasteiger partial charge in [0.05, 0.1) is 11.1 Å². The average molecular weight is 454 g/mol. The lowest BCUT2D eigenvalue weighted by molar-refractivity contribution is -0.143. The van der Waals surface area contributed by atoms with Crippen LogP contribution in [0.3, 0.4) is 0 Å². The van der Waals surface area contributed by atoms with Gasteiger partial charge in [-0.2, -0.15) is 0 Å². The van der Waals surface area contributed by atoms with Gasteiger partial charge in [0.2, 0.25) is 11.8 Å². The fourth-order valence-corrected chi connectivity index (χ4v) is 5.48. The van der Waals surface area contributed by atoms with Gasteiger partial charge in [0.15, 0.2) is 0 Å². The Morgan fingerprint density at radius 2 is 1.42 bits per heavy atom. The van der Waals surface area contributed by atoms with E-state index in [1.807, 2.05) is 18.7 Å². The van der Waals surface area contributed by atoms with Crippen LogP contribution in [0.2, 0.25) is 0 Å². The predicted octanol–water partition coefficient (Wildman–Crippen LogP) is 3.34. The highest BCUT2D eigenvalue weighted by Crippen LogP contribution is 2.29. The van der Waals surface area contributed by atoms with Crippen molar-refractivity contribution in [2.75, 3.05) is 26.2 Å². The van der Waals surface area contributed by atoms with Crippen molar-refractivity contribution in [1.82, 2.24) is 14.7 Å². The predicted molar refractivity (Wildman–Crippen MR) is 125 cm³/mol. The summed E-state index contributed by atoms with van der Waals surface area (Å²) in [5.41, 5.74) is 0.712. The lowest BCUT2D eigenvalue weighted by Gasteiger charge is -2.39. The summed E-state index contributed by atoms with van der Waals surface area (Å²) < 4.78 is 0. The second-order valence-corrected chi connectivity index (χ2v) is 9.96. The summed E-state index contributed by atoms with van der Waals surface area (Å²) in [6, 6.07) is 5.88. The molecule has 3 aliphatic rings. The molecular weight excluding hydrogens is 418 g/mol. The SMILES string of the molecule is CC(C)C(C(=O)N1CCN(C(=O)CCC2CCCCC2)CC1)N1C(=O)c2ccccc2C1=O. The number of amides is 4. The summed E-state index contributed by atoms with van der Waals surface area (Å²) >= 11 is 0. The van der Waals surface area contributed by atoms with Crippen molar-refractivity contribution in [3.05, 3.63) is 35.4 Å². The number of hydrogen-bond donors (Lipinski definition) is 0. The third-order valence-corrected chi connectivity index (χ3v) is 7.42. The standard InChI is InChI=1S/C26H35N3O4/c1-18(2)23(29-24(31)20-10-6-7-11-21(20)25(29)32)26(33)28-16-14-27(15-17-28)22(30)13-12-19-8-4-3-5-9-19/h6-7,10-11,18-19,23H,3-5,8-9,12-17H2,1-2H3. The van der Waals surface area contributed by atoms with Crippen LogP contribution in [-0.4, -0.2) is 70.5 Å². The topological polar surface area (TPSA) is 78.0 Å². The number of imide groups is 1. The lowest BCUT2D eigenvalue weighted by Crippen LogP contribution is -2.58. The van der Waals surface area contributed by atoms with E-state index >= 15 is 0 Å². The molecule has 33 heavy (non-hydrogen) atoms. The van der Waals surface area contributed by atoms with Crippen LogP contribution in [0.1, 0.15) is 79.5 Å². The molecule has 2 aliphatic heterocycles. The maximum absolute atomic E-state index is 13.5. The molecule has 1 atom stereocenters. The normalized spacial score (nSPS) is 20.4. The minimum Gasteiger partial charge on any atom is -0.339 e. The number of fused-ring (bicyclic) bond motifs is 1. The van der Waals surface area contributed by atoms with E-state index in [1.54, 1.807) is 29.2 Å². The molecule has 1 saturated carbocycles. The molecule has 4 rings (SSSR count). The summed E-state index contributed by atoms with van der Waals surface area (Å²) in [7, 11) is 0. The summed E-state index contributed by atoms with van der Waals surface area (Å²) in [6.45, 7) is 5.58. The fourth-order valence-electron chi connectivity index (χ4n) is 5.48. The van der Waals surface area contributed by atoms with E-state index in [4.69, 9.17) is 0 Å². The van der Waals surface area contributed by atoms with Crippen LogP contribution < -0.4 is 0 Å². The zero-order valence-corrected chi connectivity index (χ0v) is 19.8. The van der Waals surface area contributed by atoms with Gasteiger partial charge < -0.3 is 9.80 Å². The second kappa shape index (κ2) is 10.1. The Balaban J connectivity index is 1.35. The quantitative estimate of drug-likeness (QED) is 0.619. The molecule has 0 aromatic heterocycles. The molecular formula is C26H35N3O4. The smallest absolute Gasteiger partial charge is 0.262 e. The van der Waals surface area contributed by atoms with Gasteiger partial charge in [-0.15, -0.1) is 0 Å². The summed E-state index contributed by atoms with van der Waals surface area (Å²) in [5.74, 6) is -0.382. The van der Waals surface area contributed by atoms with Gasteiger partial charge in [-0.3, -0.25) is 24.1 Å². The Morgan fingerprint density at radius 1 is 0.879 bits per heavy atom. The van der Waals surface area contributed by atoms with Crippen LogP contribution in [0.25, 0.3) is 0 Å². The van der Waals surface area contributed by atoms with Gasteiger partial charge in [0.1, 0.15) is 6.04 Å². The molecule has 178 valence electrons. The molecule has 2 fully saturated rings. The molecule has 0 bridgehead atoms. The molecule has 1 aromatic rings. The Morgan fingerprint density at radius 3 is 1.97 bits per heavy atom. The monoisotopic (exact) mass is 453 g/mol. The Hall–Kier alpha value is -2.70. The summed E-state index contributed by atoms with van der Waals surface area (Å²) in [6.07, 6.45) is 7.91. The largest absolute Gasteiger partial charge is 0.339 e. The first-order chi connectivity index (χ1) is 15.9. The first-order valence-electron chi connectivity index (χ1n) is 12.4. The van der Waals surface area contributed by atoms with E-state index in [2.05, 4.69) is 0 Å². The lowest BCUT2D eigenvalue weighted by atomic mass is 9.86. The van der Waals surface area contributed by atoms with Gasteiger partial charge in [-0.05, 0) is 30.4 Å². The van der Waals surface area contributed by atoms with Crippen molar-refractivity contribution in [3.8, 4) is 0 Å². The van der Waals surface area contributed by atoms with Crippen molar-refractivity contribution in [3.63, 3.8) is 0 Å². The Kier molecular flexibility index (Phi) is 7.15. The molecule has 7 nitrogen and oxygen atoms in total. The number of rotatable bonds is 6. The first kappa shape index (κ1) is 23.5. The molecule has 2 heterocycles. The molecule has 0 spiro atoms. The molecule has 4 amide bonds. The molecule has 0 N–H and O–H groups in total. The number of carbonyl (C=O) groups excluding carboxylic acids is 4. The van der Waals surface area contributed by atoms with Crippen molar-refractivity contribution < 1.29 is 19.2 Å². The van der Waals surface area contributed by atoms with Crippen molar-refractivity contribution >= 4 is 23.6 Å². The van der Waals surface area contributed by atoms with Gasteiger partial charge in [0.25, 0.3) is 11.8 Å². The molecule has 7 heteroatoms. The molecule has 1 aliphatic carbocycles. The van der Waals surface area contributed by atoms with Crippen LogP contribution in [0, 0.1) is 11.8 Å². The highest BCUT2D eigenvalue weighted by atomic mass is 16.2. The van der Waals surface area contributed by atoms with Crippen LogP contribution in [-0.2, 0) is 9.59 Å². The molecule has 1 saturated heterocycles. The Bertz CT molecular complexity index is 879. The van der Waals surface area contributed by atoms with Crippen molar-refractivity contribution in [2.24, 2.45) is 11.8 Å². The number of piperazine rings is 1. The average Bonchev–Trinajstić information content (AvgIpc) is 3.08. The number of carbonyl (C=O) groups is 4. The minimum absolute atomic E-state index is 0.174. The third kappa shape index (κ3) is 4.82. The maximum Gasteiger partial charge on any atom is 0.262 e. The van der Waals surface area contributed by atoms with Crippen molar-refractivity contribution in [1.29, 1.82) is 0 Å². The van der Waals surface area contributed by atoms with Gasteiger partial charge >= 0.3 is 0 Å². The highest BCUT2D eigenvalue weighted by Gasteiger charge is 2.45. The van der Waals surface area contributed by atoms with E-state index in [0.717, 1.165) is 11.3 Å². The number of hydrogen-bond acceptors (Lipinski definition) is 4.